The van der Waals surface area contributed by atoms with E-state index in [-0.39, 0.29) is 6.54 Å². The van der Waals surface area contributed by atoms with Crippen molar-refractivity contribution in [3.63, 3.8) is 0 Å². The lowest BCUT2D eigenvalue weighted by atomic mass is 10.2. The minimum atomic E-state index is -4.37. The smallest absolute Gasteiger partial charge is 0.382 e. The second kappa shape index (κ2) is 7.96. The summed E-state index contributed by atoms with van der Waals surface area (Å²) in [6, 6.07) is -0.501. The standard InChI is InChI=1S/C11H19F3N2O2S/c1-2-18-5-3-4-16(7-11(12,13)14)10(17)9-6-19-8-15-9/h9,15H,2-8H2,1H3. The van der Waals surface area contributed by atoms with Crippen LogP contribution >= 0.6 is 11.8 Å². The van der Waals surface area contributed by atoms with Crippen LogP contribution in [-0.2, 0) is 9.53 Å². The van der Waals surface area contributed by atoms with Crippen molar-refractivity contribution < 1.29 is 22.7 Å². The van der Waals surface area contributed by atoms with Crippen LogP contribution in [-0.4, -0.2) is 61.0 Å². The molecule has 1 saturated heterocycles. The molecule has 4 nitrogen and oxygen atoms in total. The molecule has 0 aromatic heterocycles. The molecule has 1 aliphatic rings. The Labute approximate surface area is 115 Å². The Bertz CT molecular complexity index is 284. The predicted octanol–water partition coefficient (Wildman–Crippen LogP) is 1.47. The van der Waals surface area contributed by atoms with Gasteiger partial charge in [0.2, 0.25) is 5.91 Å². The first kappa shape index (κ1) is 16.6. The quantitative estimate of drug-likeness (QED) is 0.723. The van der Waals surface area contributed by atoms with E-state index < -0.39 is 24.7 Å². The Morgan fingerprint density at radius 2 is 2.26 bits per heavy atom. The molecule has 1 atom stereocenters. The van der Waals surface area contributed by atoms with Crippen molar-refractivity contribution >= 4 is 17.7 Å². The maximum atomic E-state index is 12.5. The number of thioether (sulfide) groups is 1. The molecule has 1 rings (SSSR count). The summed E-state index contributed by atoms with van der Waals surface area (Å²) in [6.07, 6.45) is -3.96. The van der Waals surface area contributed by atoms with Crippen LogP contribution in [0.2, 0.25) is 0 Å². The molecular formula is C11H19F3N2O2S. The second-order valence-corrected chi connectivity index (χ2v) is 5.23. The molecule has 0 spiro atoms. The molecule has 0 saturated carbocycles. The van der Waals surface area contributed by atoms with Gasteiger partial charge in [-0.2, -0.15) is 13.2 Å². The molecule has 0 aliphatic carbocycles. The molecule has 0 bridgehead atoms. The lowest BCUT2D eigenvalue weighted by Crippen LogP contribution is -2.48. The van der Waals surface area contributed by atoms with Crippen molar-refractivity contribution in [1.82, 2.24) is 10.2 Å². The SMILES string of the molecule is CCOCCCN(CC(F)(F)F)C(=O)C1CSCN1. The van der Waals surface area contributed by atoms with Crippen LogP contribution in [0.4, 0.5) is 13.2 Å². The summed E-state index contributed by atoms with van der Waals surface area (Å²) in [4.78, 5) is 12.9. The third-order valence-electron chi connectivity index (χ3n) is 2.62. The largest absolute Gasteiger partial charge is 0.406 e. The zero-order valence-electron chi connectivity index (χ0n) is 10.8. The zero-order chi connectivity index (χ0) is 14.3. The molecule has 8 heteroatoms. The summed E-state index contributed by atoms with van der Waals surface area (Å²) < 4.78 is 42.5. The minimum absolute atomic E-state index is 0.0706. The van der Waals surface area contributed by atoms with E-state index in [1.807, 2.05) is 6.92 Å². The maximum absolute atomic E-state index is 12.5. The van der Waals surface area contributed by atoms with Crippen molar-refractivity contribution in [3.05, 3.63) is 0 Å². The zero-order valence-corrected chi connectivity index (χ0v) is 11.6. The number of ether oxygens (including phenoxy) is 1. The monoisotopic (exact) mass is 300 g/mol. The summed E-state index contributed by atoms with van der Waals surface area (Å²) in [7, 11) is 0. The van der Waals surface area contributed by atoms with Gasteiger partial charge in [0.05, 0.1) is 6.04 Å². The second-order valence-electron chi connectivity index (χ2n) is 4.20. The van der Waals surface area contributed by atoms with Crippen molar-refractivity contribution in [2.45, 2.75) is 25.6 Å². The Morgan fingerprint density at radius 3 is 2.79 bits per heavy atom. The Hall–Kier alpha value is -0.470. The first-order valence-electron chi connectivity index (χ1n) is 6.18. The number of amides is 1. The predicted molar refractivity (Wildman–Crippen MR) is 68.0 cm³/mol. The Kier molecular flexibility index (Phi) is 6.95. The number of nitrogens with zero attached hydrogens (tertiary/aromatic N) is 1. The van der Waals surface area contributed by atoms with Crippen LogP contribution in [0.1, 0.15) is 13.3 Å². The highest BCUT2D eigenvalue weighted by molar-refractivity contribution is 7.99. The van der Waals surface area contributed by atoms with Crippen LogP contribution in [0.25, 0.3) is 0 Å². The Balaban J connectivity index is 2.49. The number of rotatable bonds is 7. The highest BCUT2D eigenvalue weighted by atomic mass is 32.2. The number of hydrogen-bond donors (Lipinski definition) is 1. The van der Waals surface area contributed by atoms with Gasteiger partial charge in [0.1, 0.15) is 6.54 Å². The number of halogens is 3. The molecule has 0 radical (unpaired) electrons. The summed E-state index contributed by atoms with van der Waals surface area (Å²) in [6.45, 7) is 1.58. The maximum Gasteiger partial charge on any atom is 0.406 e. The average molecular weight is 300 g/mol. The molecule has 1 heterocycles. The van der Waals surface area contributed by atoms with Gasteiger partial charge in [-0.1, -0.05) is 0 Å². The fourth-order valence-electron chi connectivity index (χ4n) is 1.76. The first-order chi connectivity index (χ1) is 8.94. The van der Waals surface area contributed by atoms with Gasteiger partial charge in [0.15, 0.2) is 0 Å². The number of carbonyl (C=O) groups excluding carboxylic acids is 1. The molecule has 0 aromatic carbocycles. The third-order valence-corrected chi connectivity index (χ3v) is 3.56. The minimum Gasteiger partial charge on any atom is -0.382 e. The highest BCUT2D eigenvalue weighted by Gasteiger charge is 2.35. The van der Waals surface area contributed by atoms with Gasteiger partial charge in [0.25, 0.3) is 0 Å². The number of hydrogen-bond acceptors (Lipinski definition) is 4. The number of carbonyl (C=O) groups is 1. The van der Waals surface area contributed by atoms with Crippen LogP contribution in [0.3, 0.4) is 0 Å². The topological polar surface area (TPSA) is 41.6 Å². The van der Waals surface area contributed by atoms with Crippen LogP contribution in [0.15, 0.2) is 0 Å². The summed E-state index contributed by atoms with van der Waals surface area (Å²) in [5.41, 5.74) is 0. The van der Waals surface area contributed by atoms with E-state index in [2.05, 4.69) is 5.32 Å². The van der Waals surface area contributed by atoms with Crippen molar-refractivity contribution in [1.29, 1.82) is 0 Å². The molecule has 19 heavy (non-hydrogen) atoms. The van der Waals surface area contributed by atoms with Gasteiger partial charge in [-0.25, -0.2) is 0 Å². The van der Waals surface area contributed by atoms with E-state index in [9.17, 15) is 18.0 Å². The first-order valence-corrected chi connectivity index (χ1v) is 7.34. The summed E-state index contributed by atoms with van der Waals surface area (Å²) in [5.74, 6) is 0.659. The van der Waals surface area contributed by atoms with Gasteiger partial charge in [-0.05, 0) is 13.3 Å². The van der Waals surface area contributed by atoms with E-state index >= 15 is 0 Å². The van der Waals surface area contributed by atoms with E-state index in [4.69, 9.17) is 4.74 Å². The van der Waals surface area contributed by atoms with Crippen LogP contribution in [0, 0.1) is 0 Å². The van der Waals surface area contributed by atoms with Crippen molar-refractivity contribution in [3.8, 4) is 0 Å². The molecule has 1 fully saturated rings. The molecule has 1 amide bonds. The lowest BCUT2D eigenvalue weighted by molar-refractivity contribution is -0.162. The normalized spacial score (nSPS) is 19.7. The molecular weight excluding hydrogens is 281 g/mol. The van der Waals surface area contributed by atoms with E-state index in [0.717, 1.165) is 4.90 Å². The van der Waals surface area contributed by atoms with Gasteiger partial charge in [-0.3, -0.25) is 10.1 Å². The summed E-state index contributed by atoms with van der Waals surface area (Å²) in [5, 5.41) is 2.90. The number of nitrogens with one attached hydrogen (secondary N) is 1. The molecule has 1 N–H and O–H groups in total. The fourth-order valence-corrected chi connectivity index (χ4v) is 2.69. The molecule has 1 aliphatic heterocycles. The van der Waals surface area contributed by atoms with Crippen LogP contribution in [0.5, 0.6) is 0 Å². The van der Waals surface area contributed by atoms with Gasteiger partial charge >= 0.3 is 6.18 Å². The van der Waals surface area contributed by atoms with E-state index in [0.29, 0.717) is 31.3 Å². The molecule has 112 valence electrons. The van der Waals surface area contributed by atoms with Gasteiger partial charge in [0, 0.05) is 31.4 Å². The van der Waals surface area contributed by atoms with Gasteiger partial charge < -0.3 is 9.64 Å². The van der Waals surface area contributed by atoms with E-state index in [1.54, 1.807) is 0 Å². The molecule has 0 aromatic rings. The third kappa shape index (κ3) is 6.49. The molecule has 1 unspecified atom stereocenters. The van der Waals surface area contributed by atoms with Crippen LogP contribution < -0.4 is 5.32 Å². The lowest BCUT2D eigenvalue weighted by Gasteiger charge is -2.26. The van der Waals surface area contributed by atoms with Crippen molar-refractivity contribution in [2.24, 2.45) is 0 Å². The van der Waals surface area contributed by atoms with Gasteiger partial charge in [-0.15, -0.1) is 11.8 Å². The number of alkyl halides is 3. The van der Waals surface area contributed by atoms with E-state index in [1.165, 1.54) is 11.8 Å². The average Bonchev–Trinajstić information content (AvgIpc) is 2.84. The highest BCUT2D eigenvalue weighted by Crippen LogP contribution is 2.19. The Morgan fingerprint density at radius 1 is 1.53 bits per heavy atom. The summed E-state index contributed by atoms with van der Waals surface area (Å²) >= 11 is 1.51. The fraction of sp³-hybridized carbons (Fsp3) is 0.909. The van der Waals surface area contributed by atoms with Crippen molar-refractivity contribution in [2.75, 3.05) is 37.9 Å².